The largest absolute Gasteiger partial charge is 0.485 e. The molecule has 4 rings (SSSR count). The lowest BCUT2D eigenvalue weighted by Gasteiger charge is -2.26. The Morgan fingerprint density at radius 2 is 1.93 bits per heavy atom. The maximum atomic E-state index is 6.10. The number of para-hydroxylation sites is 2. The van der Waals surface area contributed by atoms with E-state index in [1.54, 1.807) is 11.8 Å². The van der Waals surface area contributed by atoms with Gasteiger partial charge < -0.3 is 9.47 Å². The molecule has 0 radical (unpaired) electrons. The van der Waals surface area contributed by atoms with E-state index >= 15 is 0 Å². The van der Waals surface area contributed by atoms with E-state index in [1.807, 2.05) is 47.0 Å². The summed E-state index contributed by atoms with van der Waals surface area (Å²) in [6.07, 6.45) is 1.54. The Labute approximate surface area is 170 Å². The molecule has 2 heterocycles. The molecule has 1 atom stereocenters. The van der Waals surface area contributed by atoms with E-state index in [9.17, 15) is 0 Å². The summed E-state index contributed by atoms with van der Waals surface area (Å²) in [5, 5.41) is 9.61. The second-order valence-corrected chi connectivity index (χ2v) is 7.88. The number of allylic oxidation sites excluding steroid dienone is 1. The van der Waals surface area contributed by atoms with Crippen LogP contribution in [-0.2, 0) is 12.3 Å². The highest BCUT2D eigenvalue weighted by atomic mass is 79.9. The quantitative estimate of drug-likeness (QED) is 0.394. The Morgan fingerprint density at radius 1 is 1.15 bits per heavy atom. The van der Waals surface area contributed by atoms with Crippen molar-refractivity contribution in [3.63, 3.8) is 0 Å². The first-order valence-electron chi connectivity index (χ1n) is 8.54. The smallest absolute Gasteiger partial charge is 0.192 e. The van der Waals surface area contributed by atoms with Gasteiger partial charge >= 0.3 is 0 Å². The molecule has 0 saturated heterocycles. The van der Waals surface area contributed by atoms with Gasteiger partial charge in [-0.05, 0) is 29.8 Å². The predicted octanol–water partition coefficient (Wildman–Crippen LogP) is 5.03. The second kappa shape index (κ2) is 8.19. The first-order chi connectivity index (χ1) is 13.2. The Bertz CT molecular complexity index is 943. The second-order valence-electron chi connectivity index (χ2n) is 6.02. The van der Waals surface area contributed by atoms with Gasteiger partial charge in [0.05, 0.1) is 0 Å². The summed E-state index contributed by atoms with van der Waals surface area (Å²) in [7, 11) is 0. The van der Waals surface area contributed by atoms with Crippen LogP contribution in [-0.4, -0.2) is 21.4 Å². The Hall–Kier alpha value is -2.25. The minimum absolute atomic E-state index is 0.297. The molecule has 0 saturated carbocycles. The maximum Gasteiger partial charge on any atom is 0.192 e. The number of rotatable bonds is 6. The SMILES string of the molecule is C=CCn1c(SCc2ccc(Br)cc2)nnc1C1COc2ccccc2O1. The van der Waals surface area contributed by atoms with Crippen LogP contribution >= 0.6 is 27.7 Å². The molecule has 138 valence electrons. The van der Waals surface area contributed by atoms with Crippen molar-refractivity contribution in [2.45, 2.75) is 23.6 Å². The van der Waals surface area contributed by atoms with Crippen LogP contribution < -0.4 is 9.47 Å². The van der Waals surface area contributed by atoms with Crippen molar-refractivity contribution < 1.29 is 9.47 Å². The molecule has 1 aliphatic rings. The van der Waals surface area contributed by atoms with E-state index in [2.05, 4.69) is 44.8 Å². The molecule has 0 aliphatic carbocycles. The van der Waals surface area contributed by atoms with Gasteiger partial charge in [-0.25, -0.2) is 0 Å². The molecule has 2 aromatic carbocycles. The van der Waals surface area contributed by atoms with Crippen molar-refractivity contribution in [2.75, 3.05) is 6.61 Å². The zero-order valence-corrected chi connectivity index (χ0v) is 16.9. The zero-order chi connectivity index (χ0) is 18.6. The molecule has 5 nitrogen and oxygen atoms in total. The number of halogens is 1. The van der Waals surface area contributed by atoms with Gasteiger partial charge in [0, 0.05) is 16.8 Å². The van der Waals surface area contributed by atoms with E-state index < -0.39 is 0 Å². The molecule has 3 aromatic rings. The fourth-order valence-electron chi connectivity index (χ4n) is 2.82. The first kappa shape index (κ1) is 18.1. The number of ether oxygens (including phenoxy) is 2. The van der Waals surface area contributed by atoms with Gasteiger partial charge in [0.1, 0.15) is 6.61 Å². The van der Waals surface area contributed by atoms with Crippen LogP contribution in [0.15, 0.2) is 70.8 Å². The van der Waals surface area contributed by atoms with E-state index in [4.69, 9.17) is 9.47 Å². The Balaban J connectivity index is 1.54. The lowest BCUT2D eigenvalue weighted by atomic mass is 10.2. The van der Waals surface area contributed by atoms with Crippen molar-refractivity contribution in [1.29, 1.82) is 0 Å². The van der Waals surface area contributed by atoms with Crippen LogP contribution in [0.3, 0.4) is 0 Å². The van der Waals surface area contributed by atoms with Crippen LogP contribution in [0.4, 0.5) is 0 Å². The molecule has 1 unspecified atom stereocenters. The minimum atomic E-state index is -0.297. The predicted molar refractivity (Wildman–Crippen MR) is 109 cm³/mol. The number of aromatic nitrogens is 3. The summed E-state index contributed by atoms with van der Waals surface area (Å²) in [6, 6.07) is 15.9. The van der Waals surface area contributed by atoms with Gasteiger partial charge in [0.15, 0.2) is 28.6 Å². The van der Waals surface area contributed by atoms with Gasteiger partial charge in [0.25, 0.3) is 0 Å². The normalized spacial score (nSPS) is 15.5. The highest BCUT2D eigenvalue weighted by Gasteiger charge is 2.28. The highest BCUT2D eigenvalue weighted by molar-refractivity contribution is 9.10. The molecular formula is C20H18BrN3O2S. The monoisotopic (exact) mass is 443 g/mol. The summed E-state index contributed by atoms with van der Waals surface area (Å²) in [6.45, 7) is 4.89. The third-order valence-corrected chi connectivity index (χ3v) is 5.70. The molecule has 27 heavy (non-hydrogen) atoms. The Morgan fingerprint density at radius 3 is 2.70 bits per heavy atom. The van der Waals surface area contributed by atoms with Gasteiger partial charge in [-0.1, -0.05) is 58.0 Å². The molecule has 0 fully saturated rings. The average molecular weight is 444 g/mol. The molecule has 1 aromatic heterocycles. The van der Waals surface area contributed by atoms with Crippen LogP contribution in [0.2, 0.25) is 0 Å². The van der Waals surface area contributed by atoms with Gasteiger partial charge in [-0.15, -0.1) is 16.8 Å². The third-order valence-electron chi connectivity index (χ3n) is 4.13. The first-order valence-corrected chi connectivity index (χ1v) is 10.3. The number of nitrogens with zero attached hydrogens (tertiary/aromatic N) is 3. The van der Waals surface area contributed by atoms with E-state index in [1.165, 1.54) is 5.56 Å². The maximum absolute atomic E-state index is 6.10. The molecule has 0 N–H and O–H groups in total. The van der Waals surface area contributed by atoms with E-state index in [0.717, 1.165) is 32.7 Å². The third kappa shape index (κ3) is 4.04. The van der Waals surface area contributed by atoms with Crippen molar-refractivity contribution >= 4 is 27.7 Å². The summed E-state index contributed by atoms with van der Waals surface area (Å²) in [5.74, 6) is 3.05. The minimum Gasteiger partial charge on any atom is -0.485 e. The zero-order valence-electron chi connectivity index (χ0n) is 14.5. The van der Waals surface area contributed by atoms with Crippen LogP contribution in [0.1, 0.15) is 17.5 Å². The summed E-state index contributed by atoms with van der Waals surface area (Å²) in [5.41, 5.74) is 1.23. The number of benzene rings is 2. The lowest BCUT2D eigenvalue weighted by Crippen LogP contribution is -2.25. The highest BCUT2D eigenvalue weighted by Crippen LogP contribution is 2.36. The topological polar surface area (TPSA) is 49.2 Å². The molecule has 0 amide bonds. The summed E-state index contributed by atoms with van der Waals surface area (Å²) >= 11 is 5.11. The molecule has 0 bridgehead atoms. The van der Waals surface area contributed by atoms with Crippen LogP contribution in [0, 0.1) is 0 Å². The van der Waals surface area contributed by atoms with Crippen molar-refractivity contribution in [2.24, 2.45) is 0 Å². The molecule has 1 aliphatic heterocycles. The standard InChI is InChI=1S/C20H18BrN3O2S/c1-2-11-24-19(18-12-25-16-5-3-4-6-17(16)26-18)22-23-20(24)27-13-14-7-9-15(21)10-8-14/h2-10,18H,1,11-13H2. The number of fused-ring (bicyclic) bond motifs is 1. The van der Waals surface area contributed by atoms with Crippen molar-refractivity contribution in [3.05, 3.63) is 77.0 Å². The Kier molecular flexibility index (Phi) is 5.50. The van der Waals surface area contributed by atoms with Gasteiger partial charge in [-0.3, -0.25) is 4.57 Å². The number of hydrogen-bond donors (Lipinski definition) is 0. The number of hydrogen-bond acceptors (Lipinski definition) is 5. The molecule has 0 spiro atoms. The summed E-state index contributed by atoms with van der Waals surface area (Å²) < 4.78 is 15.0. The van der Waals surface area contributed by atoms with Gasteiger partial charge in [0.2, 0.25) is 0 Å². The van der Waals surface area contributed by atoms with Gasteiger partial charge in [-0.2, -0.15) is 0 Å². The lowest BCUT2D eigenvalue weighted by molar-refractivity contribution is 0.0821. The number of thioether (sulfide) groups is 1. The fourth-order valence-corrected chi connectivity index (χ4v) is 4.00. The van der Waals surface area contributed by atoms with E-state index in [-0.39, 0.29) is 6.10 Å². The molecule has 7 heteroatoms. The molecular weight excluding hydrogens is 426 g/mol. The van der Waals surface area contributed by atoms with Crippen LogP contribution in [0.5, 0.6) is 11.5 Å². The van der Waals surface area contributed by atoms with Crippen molar-refractivity contribution in [1.82, 2.24) is 14.8 Å². The van der Waals surface area contributed by atoms with Crippen molar-refractivity contribution in [3.8, 4) is 11.5 Å². The average Bonchev–Trinajstić information content (AvgIpc) is 3.10. The summed E-state index contributed by atoms with van der Waals surface area (Å²) in [4.78, 5) is 0. The fraction of sp³-hybridized carbons (Fsp3) is 0.200. The van der Waals surface area contributed by atoms with Crippen LogP contribution in [0.25, 0.3) is 0 Å². The van der Waals surface area contributed by atoms with E-state index in [0.29, 0.717) is 13.2 Å².